The Hall–Kier alpha value is -2.67. The second kappa shape index (κ2) is 10.3. The smallest absolute Gasteiger partial charge is 0.186 e. The lowest BCUT2D eigenvalue weighted by molar-refractivity contribution is 0.0150. The number of carbonyl (C=O) groups is 1. The first-order chi connectivity index (χ1) is 16.6. The highest BCUT2D eigenvalue weighted by atomic mass is 32.1. The van der Waals surface area contributed by atoms with Crippen LogP contribution in [0.5, 0.6) is 0 Å². The van der Waals surface area contributed by atoms with Crippen molar-refractivity contribution < 1.29 is 9.53 Å². The number of morpholine rings is 1. The van der Waals surface area contributed by atoms with E-state index in [0.29, 0.717) is 18.2 Å². The molecule has 1 fully saturated rings. The average molecular weight is 474 g/mol. The molecule has 1 aliphatic carbocycles. The summed E-state index contributed by atoms with van der Waals surface area (Å²) < 4.78 is 5.49. The maximum absolute atomic E-state index is 12.9. The Bertz CT molecular complexity index is 1190. The molecule has 0 bridgehead atoms. The van der Waals surface area contributed by atoms with Crippen LogP contribution < -0.4 is 0 Å². The zero-order valence-electron chi connectivity index (χ0n) is 19.9. The highest BCUT2D eigenvalue weighted by molar-refractivity contribution is 7.13. The van der Waals surface area contributed by atoms with Gasteiger partial charge < -0.3 is 4.74 Å². The molecule has 5 rings (SSSR count). The molecule has 1 saturated heterocycles. The maximum Gasteiger partial charge on any atom is 0.186 e. The van der Waals surface area contributed by atoms with Gasteiger partial charge in [-0.15, -0.1) is 11.3 Å². The van der Waals surface area contributed by atoms with Crippen molar-refractivity contribution in [2.75, 3.05) is 26.3 Å². The Morgan fingerprint density at radius 1 is 1.18 bits per heavy atom. The summed E-state index contributed by atoms with van der Waals surface area (Å²) >= 11 is 1.52. The number of hydrogen-bond acceptors (Lipinski definition) is 6. The highest BCUT2D eigenvalue weighted by Crippen LogP contribution is 2.31. The molecule has 1 aromatic carbocycles. The Morgan fingerprint density at radius 2 is 1.97 bits per heavy atom. The fraction of sp³-hybridized carbons (Fsp3) is 0.393. The van der Waals surface area contributed by atoms with Crippen LogP contribution in [-0.2, 0) is 11.2 Å². The zero-order valence-corrected chi connectivity index (χ0v) is 20.7. The molecule has 0 amide bonds. The molecule has 6 heteroatoms. The van der Waals surface area contributed by atoms with E-state index in [0.717, 1.165) is 66.5 Å². The fourth-order valence-corrected chi connectivity index (χ4v) is 5.71. The quantitative estimate of drug-likeness (QED) is 0.442. The molecule has 1 atom stereocenters. The summed E-state index contributed by atoms with van der Waals surface area (Å²) in [5, 5.41) is 2.75. The van der Waals surface area contributed by atoms with Crippen LogP contribution >= 0.6 is 11.3 Å². The molecule has 2 aromatic heterocycles. The van der Waals surface area contributed by atoms with Gasteiger partial charge in [0.05, 0.1) is 18.9 Å². The topological polar surface area (TPSA) is 55.3 Å². The summed E-state index contributed by atoms with van der Waals surface area (Å²) in [5.74, 6) is 0.0359. The summed E-state index contributed by atoms with van der Waals surface area (Å²) in [4.78, 5) is 24.8. The van der Waals surface area contributed by atoms with Gasteiger partial charge >= 0.3 is 0 Å². The van der Waals surface area contributed by atoms with E-state index in [1.54, 1.807) is 0 Å². The number of Topliss-reactive ketones (excluding diaryl/α,β-unsaturated/α-hetero) is 1. The monoisotopic (exact) mass is 473 g/mol. The summed E-state index contributed by atoms with van der Waals surface area (Å²) in [6.45, 7) is 7.95. The Kier molecular flexibility index (Phi) is 6.99. The summed E-state index contributed by atoms with van der Waals surface area (Å²) in [5.41, 5.74) is 7.29. The van der Waals surface area contributed by atoms with Gasteiger partial charge in [0, 0.05) is 42.7 Å². The summed E-state index contributed by atoms with van der Waals surface area (Å²) in [6, 6.07) is 11.0. The van der Waals surface area contributed by atoms with Gasteiger partial charge in [-0.1, -0.05) is 42.0 Å². The third-order valence-corrected chi connectivity index (χ3v) is 7.73. The maximum atomic E-state index is 12.9. The van der Waals surface area contributed by atoms with Gasteiger partial charge in [0.1, 0.15) is 10.7 Å². The Labute approximate surface area is 205 Å². The third kappa shape index (κ3) is 5.19. The number of benzene rings is 1. The van der Waals surface area contributed by atoms with Crippen LogP contribution in [0, 0.1) is 13.8 Å². The zero-order chi connectivity index (χ0) is 23.5. The van der Waals surface area contributed by atoms with Gasteiger partial charge in [-0.3, -0.25) is 14.7 Å². The normalized spacial score (nSPS) is 19.1. The molecular weight excluding hydrogens is 442 g/mol. The van der Waals surface area contributed by atoms with E-state index < -0.39 is 0 Å². The van der Waals surface area contributed by atoms with Gasteiger partial charge in [-0.05, 0) is 49.8 Å². The van der Waals surface area contributed by atoms with Crippen molar-refractivity contribution in [3.63, 3.8) is 0 Å². The van der Waals surface area contributed by atoms with E-state index in [2.05, 4.69) is 60.1 Å². The van der Waals surface area contributed by atoms with Crippen molar-refractivity contribution in [2.45, 2.75) is 45.6 Å². The number of hydrogen-bond donors (Lipinski definition) is 0. The molecule has 5 nitrogen and oxygen atoms in total. The molecule has 0 saturated carbocycles. The number of aryl methyl sites for hydroxylation is 2. The van der Waals surface area contributed by atoms with Crippen LogP contribution in [0.4, 0.5) is 0 Å². The molecule has 0 spiro atoms. The number of allylic oxidation sites excluding steroid dienone is 1. The number of pyridine rings is 1. The lowest BCUT2D eigenvalue weighted by atomic mass is 9.90. The van der Waals surface area contributed by atoms with Crippen LogP contribution in [0.3, 0.4) is 0 Å². The summed E-state index contributed by atoms with van der Waals surface area (Å²) in [7, 11) is 0. The van der Waals surface area contributed by atoms with E-state index in [9.17, 15) is 4.79 Å². The number of nitrogens with zero attached hydrogens (tertiary/aromatic N) is 3. The molecule has 34 heavy (non-hydrogen) atoms. The van der Waals surface area contributed by atoms with E-state index in [-0.39, 0.29) is 5.78 Å². The molecule has 2 aliphatic rings. The largest absolute Gasteiger partial charge is 0.379 e. The number of aromatic nitrogens is 2. The van der Waals surface area contributed by atoms with Gasteiger partial charge in [0.25, 0.3) is 0 Å². The van der Waals surface area contributed by atoms with Gasteiger partial charge in [0.2, 0.25) is 0 Å². The number of rotatable bonds is 6. The van der Waals surface area contributed by atoms with Crippen molar-refractivity contribution in [1.29, 1.82) is 0 Å². The molecule has 176 valence electrons. The molecular formula is C28H31N3O2S. The second-order valence-electron chi connectivity index (χ2n) is 9.32. The molecule has 0 N–H and O–H groups in total. The van der Waals surface area contributed by atoms with Crippen LogP contribution in [0.25, 0.3) is 16.1 Å². The van der Waals surface area contributed by atoms with Gasteiger partial charge in [-0.25, -0.2) is 4.98 Å². The lowest BCUT2D eigenvalue weighted by Gasteiger charge is -2.36. The Balaban J connectivity index is 1.23. The Morgan fingerprint density at radius 3 is 2.68 bits per heavy atom. The predicted octanol–water partition coefficient (Wildman–Crippen LogP) is 5.52. The van der Waals surface area contributed by atoms with Crippen molar-refractivity contribution in [3.05, 3.63) is 76.1 Å². The van der Waals surface area contributed by atoms with E-state index >= 15 is 0 Å². The van der Waals surface area contributed by atoms with E-state index in [1.165, 1.54) is 28.9 Å². The van der Waals surface area contributed by atoms with E-state index in [1.807, 2.05) is 11.6 Å². The van der Waals surface area contributed by atoms with Crippen molar-refractivity contribution >= 4 is 22.7 Å². The van der Waals surface area contributed by atoms with Gasteiger partial charge in [0.15, 0.2) is 5.78 Å². The van der Waals surface area contributed by atoms with Crippen LogP contribution in [0.1, 0.15) is 52.1 Å². The first kappa shape index (κ1) is 23.1. The summed E-state index contributed by atoms with van der Waals surface area (Å²) in [6.07, 6.45) is 7.84. The number of carbonyl (C=O) groups excluding carboxylic acids is 1. The first-order valence-corrected chi connectivity index (χ1v) is 13.0. The van der Waals surface area contributed by atoms with Crippen LogP contribution in [0.2, 0.25) is 0 Å². The molecule has 1 unspecified atom stereocenters. The minimum Gasteiger partial charge on any atom is -0.379 e. The molecule has 0 radical (unpaired) electrons. The average Bonchev–Trinajstić information content (AvgIpc) is 3.36. The van der Waals surface area contributed by atoms with Gasteiger partial charge in [-0.2, -0.15) is 0 Å². The van der Waals surface area contributed by atoms with Crippen molar-refractivity contribution in [2.24, 2.45) is 0 Å². The number of ketones is 1. The lowest BCUT2D eigenvalue weighted by Crippen LogP contribution is -2.43. The number of ether oxygens (including phenoxy) is 1. The molecule has 3 aromatic rings. The van der Waals surface area contributed by atoms with E-state index in [4.69, 9.17) is 9.72 Å². The minimum absolute atomic E-state index is 0.0359. The van der Waals surface area contributed by atoms with Crippen LogP contribution in [-0.4, -0.2) is 53.0 Å². The minimum atomic E-state index is 0.0359. The first-order valence-electron chi connectivity index (χ1n) is 12.1. The number of thiazole rings is 1. The standard InChI is InChI=1S/C28H31N3O2S/c1-19-3-5-23(6-4-19)28-30-25(18-34-28)26(32)16-21-15-20(2)27(29-17-21)22-7-9-24(10-8-22)31-11-13-33-14-12-31/h3-7,15,17-18,24H,8-14,16H2,1-2H3. The fourth-order valence-electron chi connectivity index (χ4n) is 4.88. The van der Waals surface area contributed by atoms with Crippen molar-refractivity contribution in [1.82, 2.24) is 14.9 Å². The SMILES string of the molecule is Cc1ccc(-c2nc(C(=O)Cc3cnc(C4=CCC(N5CCOCC5)CC4)c(C)c3)cs2)cc1. The second-order valence-corrected chi connectivity index (χ2v) is 10.2. The third-order valence-electron chi connectivity index (χ3n) is 6.84. The van der Waals surface area contributed by atoms with Crippen LogP contribution in [0.15, 0.2) is 48.0 Å². The predicted molar refractivity (Wildman–Crippen MR) is 137 cm³/mol. The van der Waals surface area contributed by atoms with Crippen molar-refractivity contribution in [3.8, 4) is 10.6 Å². The molecule has 3 heterocycles. The molecule has 1 aliphatic heterocycles. The highest BCUT2D eigenvalue weighted by Gasteiger charge is 2.24.